The van der Waals surface area contributed by atoms with E-state index in [1.54, 1.807) is 12.1 Å². The summed E-state index contributed by atoms with van der Waals surface area (Å²) in [4.78, 5) is 10.9. The van der Waals surface area contributed by atoms with Crippen LogP contribution >= 0.6 is 0 Å². The number of ether oxygens (including phenoxy) is 1. The number of halogens is 1. The summed E-state index contributed by atoms with van der Waals surface area (Å²) in [6.07, 6.45) is 0.937. The van der Waals surface area contributed by atoms with Gasteiger partial charge in [0.1, 0.15) is 5.82 Å². The molecule has 1 aliphatic heterocycles. The summed E-state index contributed by atoms with van der Waals surface area (Å²) in [7, 11) is 0. The fourth-order valence-electron chi connectivity index (χ4n) is 1.78. The summed E-state index contributed by atoms with van der Waals surface area (Å²) < 4.78 is 18.6. The van der Waals surface area contributed by atoms with Gasteiger partial charge in [0.25, 0.3) is 0 Å². The van der Waals surface area contributed by atoms with Crippen LogP contribution in [0.25, 0.3) is 0 Å². The van der Waals surface area contributed by atoms with E-state index in [4.69, 9.17) is 4.74 Å². The van der Waals surface area contributed by atoms with E-state index >= 15 is 0 Å². The van der Waals surface area contributed by atoms with Crippen molar-refractivity contribution in [2.45, 2.75) is 19.4 Å². The Hall–Kier alpha value is -1.62. The van der Waals surface area contributed by atoms with E-state index < -0.39 is 5.82 Å². The minimum atomic E-state index is -0.437. The van der Waals surface area contributed by atoms with Gasteiger partial charge in [-0.1, -0.05) is 0 Å². The highest BCUT2D eigenvalue weighted by atomic mass is 19.1. The molecule has 1 unspecified atom stereocenters. The van der Waals surface area contributed by atoms with Gasteiger partial charge in [0.2, 0.25) is 5.91 Å². The van der Waals surface area contributed by atoms with Gasteiger partial charge >= 0.3 is 0 Å². The summed E-state index contributed by atoms with van der Waals surface area (Å²) in [6.45, 7) is 2.76. The second kappa shape index (κ2) is 5.14. The number of amides is 1. The van der Waals surface area contributed by atoms with E-state index in [9.17, 15) is 9.18 Å². The van der Waals surface area contributed by atoms with E-state index in [0.717, 1.165) is 18.7 Å². The molecule has 4 nitrogen and oxygen atoms in total. The summed E-state index contributed by atoms with van der Waals surface area (Å²) in [6, 6.07) is 4.84. The number of nitrogens with one attached hydrogen (secondary N) is 2. The molecule has 92 valence electrons. The topological polar surface area (TPSA) is 50.4 Å². The van der Waals surface area contributed by atoms with Crippen molar-refractivity contribution in [3.05, 3.63) is 24.0 Å². The summed E-state index contributed by atoms with van der Waals surface area (Å²) in [5.41, 5.74) is 0.979. The summed E-state index contributed by atoms with van der Waals surface area (Å²) in [5, 5.41) is 5.69. The molecule has 1 amide bonds. The van der Waals surface area contributed by atoms with E-state index in [2.05, 4.69) is 10.6 Å². The average Bonchev–Trinajstić information content (AvgIpc) is 2.75. The first-order valence-electron chi connectivity index (χ1n) is 5.56. The Morgan fingerprint density at radius 1 is 1.53 bits per heavy atom. The lowest BCUT2D eigenvalue weighted by Crippen LogP contribution is -2.19. The monoisotopic (exact) mass is 238 g/mol. The minimum absolute atomic E-state index is 0.196. The Morgan fingerprint density at radius 3 is 3.00 bits per heavy atom. The Labute approximate surface area is 99.2 Å². The first kappa shape index (κ1) is 11.9. The van der Waals surface area contributed by atoms with Gasteiger partial charge in [-0.15, -0.1) is 0 Å². The molecule has 1 saturated heterocycles. The van der Waals surface area contributed by atoms with Gasteiger partial charge in [-0.05, 0) is 24.6 Å². The van der Waals surface area contributed by atoms with Crippen molar-refractivity contribution in [2.75, 3.05) is 23.8 Å². The number of anilines is 2. The Balaban J connectivity index is 2.09. The Kier molecular flexibility index (Phi) is 3.58. The predicted molar refractivity (Wildman–Crippen MR) is 63.6 cm³/mol. The van der Waals surface area contributed by atoms with E-state index in [0.29, 0.717) is 6.61 Å². The SMILES string of the molecule is CC(=O)Nc1cc(NC2CCOC2)ccc1F. The normalized spacial score (nSPS) is 19.1. The molecule has 0 aliphatic carbocycles. The van der Waals surface area contributed by atoms with Crippen molar-refractivity contribution < 1.29 is 13.9 Å². The van der Waals surface area contributed by atoms with Crippen LogP contribution in [-0.2, 0) is 9.53 Å². The van der Waals surface area contributed by atoms with Crippen LogP contribution in [0, 0.1) is 5.82 Å². The second-order valence-corrected chi connectivity index (χ2v) is 4.08. The molecule has 0 saturated carbocycles. The number of rotatable bonds is 3. The molecule has 0 spiro atoms. The van der Waals surface area contributed by atoms with Crippen LogP contribution in [0.4, 0.5) is 15.8 Å². The molecule has 1 aliphatic rings. The van der Waals surface area contributed by atoms with Crippen LogP contribution in [0.3, 0.4) is 0 Å². The number of hydrogen-bond donors (Lipinski definition) is 2. The van der Waals surface area contributed by atoms with Crippen molar-refractivity contribution >= 4 is 17.3 Å². The maximum atomic E-state index is 13.4. The minimum Gasteiger partial charge on any atom is -0.380 e. The third-order valence-electron chi connectivity index (χ3n) is 2.58. The fraction of sp³-hybridized carbons (Fsp3) is 0.417. The van der Waals surface area contributed by atoms with Gasteiger partial charge in [-0.3, -0.25) is 4.79 Å². The number of carbonyl (C=O) groups is 1. The van der Waals surface area contributed by atoms with Gasteiger partial charge < -0.3 is 15.4 Å². The van der Waals surface area contributed by atoms with Crippen LogP contribution in [-0.4, -0.2) is 25.2 Å². The van der Waals surface area contributed by atoms with Crippen LogP contribution in [0.5, 0.6) is 0 Å². The molecule has 1 aromatic carbocycles. The zero-order valence-electron chi connectivity index (χ0n) is 9.63. The van der Waals surface area contributed by atoms with Gasteiger partial charge in [-0.2, -0.15) is 0 Å². The molecule has 5 heteroatoms. The lowest BCUT2D eigenvalue weighted by atomic mass is 10.2. The molecule has 1 fully saturated rings. The largest absolute Gasteiger partial charge is 0.380 e. The van der Waals surface area contributed by atoms with Crippen LogP contribution in [0.2, 0.25) is 0 Å². The van der Waals surface area contributed by atoms with Crippen LogP contribution in [0.15, 0.2) is 18.2 Å². The molecule has 0 radical (unpaired) electrons. The highest BCUT2D eigenvalue weighted by Gasteiger charge is 2.15. The molecule has 2 N–H and O–H groups in total. The van der Waals surface area contributed by atoms with Gasteiger partial charge in [0.05, 0.1) is 18.3 Å². The van der Waals surface area contributed by atoms with Gasteiger partial charge in [-0.25, -0.2) is 4.39 Å². The molecule has 1 atom stereocenters. The fourth-order valence-corrected chi connectivity index (χ4v) is 1.78. The average molecular weight is 238 g/mol. The molecule has 2 rings (SSSR count). The van der Waals surface area contributed by atoms with Crippen molar-refractivity contribution in [2.24, 2.45) is 0 Å². The van der Waals surface area contributed by atoms with E-state index in [1.807, 2.05) is 0 Å². The molecule has 17 heavy (non-hydrogen) atoms. The predicted octanol–water partition coefficient (Wildman–Crippen LogP) is 1.98. The van der Waals surface area contributed by atoms with Crippen molar-refractivity contribution in [3.63, 3.8) is 0 Å². The highest BCUT2D eigenvalue weighted by Crippen LogP contribution is 2.21. The van der Waals surface area contributed by atoms with Crippen molar-refractivity contribution in [1.82, 2.24) is 0 Å². The number of carbonyl (C=O) groups excluding carboxylic acids is 1. The second-order valence-electron chi connectivity index (χ2n) is 4.08. The Bertz CT molecular complexity index is 417. The highest BCUT2D eigenvalue weighted by molar-refractivity contribution is 5.89. The lowest BCUT2D eigenvalue weighted by molar-refractivity contribution is -0.114. The van der Waals surface area contributed by atoms with Crippen molar-refractivity contribution in [1.29, 1.82) is 0 Å². The molecule has 1 aromatic rings. The summed E-state index contributed by atoms with van der Waals surface area (Å²) >= 11 is 0. The van der Waals surface area contributed by atoms with Crippen LogP contribution in [0.1, 0.15) is 13.3 Å². The zero-order valence-corrected chi connectivity index (χ0v) is 9.63. The Morgan fingerprint density at radius 2 is 2.35 bits per heavy atom. The first-order valence-corrected chi connectivity index (χ1v) is 5.56. The third-order valence-corrected chi connectivity index (χ3v) is 2.58. The number of hydrogen-bond acceptors (Lipinski definition) is 3. The third kappa shape index (κ3) is 3.17. The maximum Gasteiger partial charge on any atom is 0.221 e. The quantitative estimate of drug-likeness (QED) is 0.846. The number of benzene rings is 1. The standard InChI is InChI=1S/C12H15FN2O2/c1-8(16)14-12-6-9(2-3-11(12)13)15-10-4-5-17-7-10/h2-3,6,10,15H,4-5,7H2,1H3,(H,14,16). The smallest absolute Gasteiger partial charge is 0.221 e. The maximum absolute atomic E-state index is 13.4. The lowest BCUT2D eigenvalue weighted by Gasteiger charge is -2.13. The molecular weight excluding hydrogens is 223 g/mol. The van der Waals surface area contributed by atoms with Gasteiger partial charge in [0, 0.05) is 19.2 Å². The van der Waals surface area contributed by atoms with E-state index in [-0.39, 0.29) is 17.6 Å². The van der Waals surface area contributed by atoms with E-state index in [1.165, 1.54) is 13.0 Å². The zero-order chi connectivity index (χ0) is 12.3. The molecule has 0 bridgehead atoms. The van der Waals surface area contributed by atoms with Gasteiger partial charge in [0.15, 0.2) is 0 Å². The molecule has 0 aromatic heterocycles. The van der Waals surface area contributed by atoms with Crippen LogP contribution < -0.4 is 10.6 Å². The molecule has 1 heterocycles. The first-order chi connectivity index (χ1) is 8.15. The molecular formula is C12H15FN2O2. The van der Waals surface area contributed by atoms with Crippen molar-refractivity contribution in [3.8, 4) is 0 Å². The summed E-state index contributed by atoms with van der Waals surface area (Å²) in [5.74, 6) is -0.723.